The van der Waals surface area contributed by atoms with E-state index in [-0.39, 0.29) is 31.6 Å². The fourth-order valence-electron chi connectivity index (χ4n) is 7.22. The molecule has 4 nitrogen and oxygen atoms in total. The van der Waals surface area contributed by atoms with Gasteiger partial charge in [-0.1, -0.05) is 81.6 Å². The average Bonchev–Trinajstić information content (AvgIpc) is 3.78. The Morgan fingerprint density at radius 3 is 2.12 bits per heavy atom. The van der Waals surface area contributed by atoms with Crippen LogP contribution in [-0.4, -0.2) is 27.8 Å². The molecule has 0 aliphatic heterocycles. The summed E-state index contributed by atoms with van der Waals surface area (Å²) in [5.41, 5.74) is 10.9. The number of imidazole rings is 1. The van der Waals surface area contributed by atoms with Crippen LogP contribution >= 0.6 is 0 Å². The van der Waals surface area contributed by atoms with Crippen molar-refractivity contribution in [1.29, 1.82) is 0 Å². The van der Waals surface area contributed by atoms with Gasteiger partial charge < -0.3 is 8.98 Å². The zero-order valence-corrected chi connectivity index (χ0v) is 38.2. The smallest absolute Gasteiger partial charge is 0 e. The molecule has 0 aliphatic rings. The van der Waals surface area contributed by atoms with Crippen molar-refractivity contribution in [2.75, 3.05) is 0 Å². The number of rotatable bonds is 8. The molecule has 56 heavy (non-hydrogen) atoms. The maximum absolute atomic E-state index is 8.60. The van der Waals surface area contributed by atoms with Crippen molar-refractivity contribution < 1.29 is 31.4 Å². The van der Waals surface area contributed by atoms with Crippen LogP contribution in [-0.2, 0) is 26.5 Å². The number of aryl methyl sites for hydroxylation is 1. The van der Waals surface area contributed by atoms with E-state index in [1.54, 1.807) is 12.1 Å². The predicted molar refractivity (Wildman–Crippen MR) is 236 cm³/mol. The van der Waals surface area contributed by atoms with Crippen LogP contribution in [0.3, 0.4) is 0 Å². The Morgan fingerprint density at radius 1 is 0.768 bits per heavy atom. The van der Waals surface area contributed by atoms with E-state index in [9.17, 15) is 0 Å². The molecule has 289 valence electrons. The maximum Gasteiger partial charge on any atom is 0 e. The van der Waals surface area contributed by atoms with Gasteiger partial charge in [-0.15, -0.1) is 23.8 Å². The van der Waals surface area contributed by atoms with Crippen LogP contribution in [0.4, 0.5) is 0 Å². The molecule has 0 fully saturated rings. The van der Waals surface area contributed by atoms with Gasteiger partial charge in [-0.3, -0.25) is 4.98 Å². The number of benzene rings is 5. The van der Waals surface area contributed by atoms with Gasteiger partial charge in [0, 0.05) is 31.2 Å². The minimum absolute atomic E-state index is 0. The zero-order chi connectivity index (χ0) is 43.3. The quantitative estimate of drug-likeness (QED) is 0.113. The van der Waals surface area contributed by atoms with E-state index < -0.39 is 26.5 Å². The molecule has 0 saturated heterocycles. The van der Waals surface area contributed by atoms with E-state index in [2.05, 4.69) is 127 Å². The predicted octanol–water partition coefficient (Wildman–Crippen LogP) is 13.2. The molecule has 0 amide bonds. The van der Waals surface area contributed by atoms with Crippen molar-refractivity contribution >= 4 is 50.6 Å². The summed E-state index contributed by atoms with van der Waals surface area (Å²) in [6, 6.07) is 40.4. The molecule has 8 rings (SSSR count). The van der Waals surface area contributed by atoms with Crippen molar-refractivity contribution in [3.05, 3.63) is 144 Å². The van der Waals surface area contributed by atoms with Crippen LogP contribution in [0.2, 0.25) is 17.3 Å². The Balaban J connectivity index is 0.000000209. The van der Waals surface area contributed by atoms with Gasteiger partial charge in [0.05, 0.1) is 22.4 Å². The molecule has 0 bridgehead atoms. The summed E-state index contributed by atoms with van der Waals surface area (Å²) in [7, 11) is 0. The molecule has 0 unspecified atom stereocenters. The molecule has 5 aromatic carbocycles. The van der Waals surface area contributed by atoms with Crippen LogP contribution in [0.15, 0.2) is 114 Å². The number of nitrogens with zero attached hydrogens (tertiary/aromatic N) is 3. The minimum Gasteiger partial charge on any atom is 0 e. The molecule has 0 N–H and O–H groups in total. The normalized spacial score (nSPS) is 13.6. The van der Waals surface area contributed by atoms with Gasteiger partial charge in [0.25, 0.3) is 0 Å². The second-order valence-electron chi connectivity index (χ2n) is 16.2. The summed E-state index contributed by atoms with van der Waals surface area (Å²) >= 11 is -2.32. The van der Waals surface area contributed by atoms with Crippen LogP contribution in [0.5, 0.6) is 0 Å². The Morgan fingerprint density at radius 2 is 1.46 bits per heavy atom. The number of furan rings is 1. The van der Waals surface area contributed by atoms with Gasteiger partial charge in [-0.25, -0.2) is 0 Å². The van der Waals surface area contributed by atoms with E-state index >= 15 is 0 Å². The first-order valence-electron chi connectivity index (χ1n) is 21.7. The van der Waals surface area contributed by atoms with E-state index in [0.717, 1.165) is 48.8 Å². The fraction of sp³-hybridized carbons (Fsp3) is 0.280. The van der Waals surface area contributed by atoms with Gasteiger partial charge in [0.2, 0.25) is 0 Å². The molecule has 0 atom stereocenters. The molecule has 3 heterocycles. The second kappa shape index (κ2) is 17.1. The van der Waals surface area contributed by atoms with Crippen LogP contribution in [0, 0.1) is 24.9 Å². The van der Waals surface area contributed by atoms with Gasteiger partial charge in [0.15, 0.2) is 0 Å². The molecule has 0 spiro atoms. The number of pyridine rings is 1. The van der Waals surface area contributed by atoms with Crippen molar-refractivity contribution in [3.63, 3.8) is 0 Å². The summed E-state index contributed by atoms with van der Waals surface area (Å²) in [4.78, 5) is 9.68. The Hall–Kier alpha value is -4.29. The Labute approximate surface area is 356 Å². The summed E-state index contributed by atoms with van der Waals surface area (Å²) in [5, 5.41) is 2.20. The number of para-hydroxylation sites is 4. The van der Waals surface area contributed by atoms with Crippen LogP contribution in [0.25, 0.3) is 61.3 Å². The molecule has 1 radical (unpaired) electrons. The van der Waals surface area contributed by atoms with Gasteiger partial charge in [-0.2, -0.15) is 0 Å². The van der Waals surface area contributed by atoms with E-state index in [0.29, 0.717) is 28.7 Å². The van der Waals surface area contributed by atoms with Crippen molar-refractivity contribution in [2.24, 2.45) is 5.92 Å². The fourth-order valence-corrected chi connectivity index (χ4v) is 10.2. The molecule has 3 aromatic heterocycles. The van der Waals surface area contributed by atoms with Crippen LogP contribution in [0.1, 0.15) is 82.5 Å². The molecule has 0 saturated carbocycles. The molecule has 0 aliphatic carbocycles. The Bertz CT molecular complexity index is 2790. The summed E-state index contributed by atoms with van der Waals surface area (Å²) in [6.45, 7) is 10.7. The first-order valence-corrected chi connectivity index (χ1v) is 26.6. The summed E-state index contributed by atoms with van der Waals surface area (Å²) in [6.07, 6.45) is 0.362. The second-order valence-corrected chi connectivity index (χ2v) is 26.8. The van der Waals surface area contributed by atoms with Gasteiger partial charge in [0.1, 0.15) is 5.58 Å². The van der Waals surface area contributed by atoms with E-state index in [1.165, 1.54) is 22.9 Å². The molecular formula is C50H53GeIrN3O-2. The third-order valence-corrected chi connectivity index (χ3v) is 14.1. The van der Waals surface area contributed by atoms with Crippen molar-refractivity contribution in [3.8, 4) is 28.3 Å². The van der Waals surface area contributed by atoms with Crippen LogP contribution < -0.4 is 4.40 Å². The number of hydrogen-bond acceptors (Lipinski definition) is 3. The Kier molecular flexibility index (Phi) is 10.6. The minimum atomic E-state index is -2.32. The largest absolute Gasteiger partial charge is 0 e. The molecule has 6 heteroatoms. The summed E-state index contributed by atoms with van der Waals surface area (Å²) < 4.78 is 49.1. The van der Waals surface area contributed by atoms with E-state index in [1.807, 2.05) is 44.3 Å². The van der Waals surface area contributed by atoms with Crippen molar-refractivity contribution in [1.82, 2.24) is 14.5 Å². The topological polar surface area (TPSA) is 43.9 Å². The first-order chi connectivity index (χ1) is 28.3. The average molecular weight is 982 g/mol. The zero-order valence-electron chi connectivity index (χ0n) is 38.7. The van der Waals surface area contributed by atoms with E-state index in [4.69, 9.17) is 16.3 Å². The SMILES string of the molecule is CC(C)c1cccc(C(C)C)c1-n1c(-c2[c-]cc3oc4ccccc4c3c2)nc2ccccc21.[2H]C([2H])([2H])c1c[c-]c(-c2cc(C([2H])([2H])C(C)C)[c]([Ge]([CH3])([CH3])[CH3])cn2)cc1.[Ir]. The number of fused-ring (bicyclic) bond motifs is 4. The maximum atomic E-state index is 8.60. The van der Waals surface area contributed by atoms with Gasteiger partial charge >= 0.3 is 139 Å². The first kappa shape index (κ1) is 34.9. The number of hydrogen-bond donors (Lipinski definition) is 0. The third-order valence-electron chi connectivity index (χ3n) is 9.92. The molecule has 8 aromatic rings. The molecular weight excluding hydrogens is 923 g/mol. The monoisotopic (exact) mass is 983 g/mol. The van der Waals surface area contributed by atoms with Crippen molar-refractivity contribution in [2.45, 2.75) is 83.9 Å². The summed E-state index contributed by atoms with van der Waals surface area (Å²) in [5.74, 6) is 8.20. The van der Waals surface area contributed by atoms with Gasteiger partial charge in [-0.05, 0) is 41.2 Å². The standard InChI is InChI=1S/C31H27N2O.C19H26GeN.Ir/c1-19(2)22-11-9-12-23(20(3)4)30(22)33-27-14-7-6-13-26(27)32-31(33)21-16-17-29-25(18-21)24-10-5-8-15-28(24)34-29;1-14(2)11-17-12-19(16-9-7-15(3)8-10-16)21-13-18(17)20(4,5)6;/h5-15,17-20H,1-4H3;7-9,12-14H,11H2,1-6H3;/q2*-1;/i;3D3,11D2;. The third kappa shape index (κ3) is 8.51. The number of aromatic nitrogens is 3.